The number of aliphatic carboxylic acids is 1. The Labute approximate surface area is 232 Å². The monoisotopic (exact) mass is 545 g/mol. The van der Waals surface area contributed by atoms with E-state index in [-0.39, 0.29) is 24.8 Å². The zero-order valence-electron chi connectivity index (χ0n) is 22.6. The standard InChI is InChI=1S/C31H32FN3O5/c1-31(2,3)40-27(38)18-33-17-20-6-12-23(13-7-20)34-29(21-9-4-19(5-10-21)8-15-26(36)37)28-24-14-11-22(32)16-25(24)35-30(28)39/h4-7,9-14,16,33-34H,8,15,17-18H2,1-3H3,(H,35,39)(H,36,37)/b29-28-. The van der Waals surface area contributed by atoms with Crippen molar-refractivity contribution in [3.8, 4) is 0 Å². The maximum atomic E-state index is 13.8. The van der Waals surface area contributed by atoms with Crippen LogP contribution in [0.5, 0.6) is 0 Å². The van der Waals surface area contributed by atoms with Crippen LogP contribution in [0.2, 0.25) is 0 Å². The van der Waals surface area contributed by atoms with Crippen molar-refractivity contribution < 1.29 is 28.6 Å². The lowest BCUT2D eigenvalue weighted by Crippen LogP contribution is -2.31. The van der Waals surface area contributed by atoms with Crippen molar-refractivity contribution in [3.05, 3.63) is 94.8 Å². The van der Waals surface area contributed by atoms with E-state index in [9.17, 15) is 18.8 Å². The smallest absolute Gasteiger partial charge is 0.320 e. The third-order valence-corrected chi connectivity index (χ3v) is 6.09. The summed E-state index contributed by atoms with van der Waals surface area (Å²) in [6.45, 7) is 6.01. The molecule has 1 amide bonds. The Morgan fingerprint density at radius 2 is 1.65 bits per heavy atom. The molecule has 0 unspecified atom stereocenters. The Bertz CT molecular complexity index is 1440. The van der Waals surface area contributed by atoms with Gasteiger partial charge in [0.2, 0.25) is 0 Å². The number of esters is 1. The van der Waals surface area contributed by atoms with Crippen LogP contribution in [-0.4, -0.2) is 35.1 Å². The molecule has 3 aromatic rings. The predicted octanol–water partition coefficient (Wildman–Crippen LogP) is 5.21. The molecule has 1 heterocycles. The minimum absolute atomic E-state index is 0.0197. The fraction of sp³-hybridized carbons (Fsp3) is 0.258. The Balaban J connectivity index is 1.57. The van der Waals surface area contributed by atoms with Crippen LogP contribution in [0.1, 0.15) is 49.4 Å². The van der Waals surface area contributed by atoms with Gasteiger partial charge in [0.25, 0.3) is 5.91 Å². The maximum Gasteiger partial charge on any atom is 0.320 e. The fourth-order valence-electron chi connectivity index (χ4n) is 4.30. The number of carboxylic acid groups (broad SMARTS) is 1. The molecule has 3 aromatic carbocycles. The van der Waals surface area contributed by atoms with Crippen LogP contribution in [0, 0.1) is 5.82 Å². The van der Waals surface area contributed by atoms with Gasteiger partial charge in [0.1, 0.15) is 11.4 Å². The maximum absolute atomic E-state index is 13.8. The van der Waals surface area contributed by atoms with Gasteiger partial charge in [-0.3, -0.25) is 14.4 Å². The van der Waals surface area contributed by atoms with E-state index >= 15 is 0 Å². The van der Waals surface area contributed by atoms with E-state index in [0.717, 1.165) is 16.8 Å². The predicted molar refractivity (Wildman–Crippen MR) is 152 cm³/mol. The van der Waals surface area contributed by atoms with E-state index in [4.69, 9.17) is 9.84 Å². The first-order chi connectivity index (χ1) is 19.0. The summed E-state index contributed by atoms with van der Waals surface area (Å²) in [5.74, 6) is -2.01. The summed E-state index contributed by atoms with van der Waals surface area (Å²) in [6.07, 6.45) is 0.410. The number of hydrogen-bond donors (Lipinski definition) is 4. The molecule has 1 aliphatic rings. The Kier molecular flexibility index (Phi) is 8.64. The number of benzene rings is 3. The molecule has 0 radical (unpaired) electrons. The highest BCUT2D eigenvalue weighted by atomic mass is 19.1. The van der Waals surface area contributed by atoms with Gasteiger partial charge in [-0.05, 0) is 74.2 Å². The molecule has 8 nitrogen and oxygen atoms in total. The van der Waals surface area contributed by atoms with Gasteiger partial charge in [-0.1, -0.05) is 36.4 Å². The molecule has 0 aliphatic carbocycles. The number of carbonyl (C=O) groups is 3. The van der Waals surface area contributed by atoms with Crippen molar-refractivity contribution in [2.45, 2.75) is 45.8 Å². The second kappa shape index (κ2) is 12.1. The van der Waals surface area contributed by atoms with Crippen LogP contribution < -0.4 is 16.0 Å². The second-order valence-corrected chi connectivity index (χ2v) is 10.5. The molecule has 40 heavy (non-hydrogen) atoms. The highest BCUT2D eigenvalue weighted by Gasteiger charge is 2.29. The summed E-state index contributed by atoms with van der Waals surface area (Å²) in [4.78, 5) is 35.9. The van der Waals surface area contributed by atoms with E-state index in [2.05, 4.69) is 16.0 Å². The van der Waals surface area contributed by atoms with Crippen molar-refractivity contribution in [1.29, 1.82) is 0 Å². The lowest BCUT2D eigenvalue weighted by atomic mass is 9.98. The number of ether oxygens (including phenoxy) is 1. The number of amides is 1. The van der Waals surface area contributed by atoms with Crippen LogP contribution in [0.4, 0.5) is 15.8 Å². The van der Waals surface area contributed by atoms with Gasteiger partial charge in [0, 0.05) is 24.2 Å². The molecule has 0 saturated heterocycles. The molecular weight excluding hydrogens is 513 g/mol. The Hall–Kier alpha value is -4.50. The summed E-state index contributed by atoms with van der Waals surface area (Å²) in [5, 5.41) is 18.2. The molecular formula is C31H32FN3O5. The van der Waals surface area contributed by atoms with E-state index in [0.29, 0.717) is 41.1 Å². The van der Waals surface area contributed by atoms with Gasteiger partial charge < -0.3 is 25.8 Å². The molecule has 0 bridgehead atoms. The third-order valence-electron chi connectivity index (χ3n) is 6.09. The Morgan fingerprint density at radius 1 is 0.975 bits per heavy atom. The number of aryl methyl sites for hydroxylation is 1. The van der Waals surface area contributed by atoms with E-state index in [1.165, 1.54) is 12.1 Å². The second-order valence-electron chi connectivity index (χ2n) is 10.5. The SMILES string of the molecule is CC(C)(C)OC(=O)CNCc1ccc(N/C(=C2\C(=O)Nc3cc(F)ccc32)c2ccc(CCC(=O)O)cc2)cc1. The van der Waals surface area contributed by atoms with Crippen molar-refractivity contribution in [3.63, 3.8) is 0 Å². The van der Waals surface area contributed by atoms with Gasteiger partial charge in [0.05, 0.1) is 23.5 Å². The molecule has 0 saturated carbocycles. The summed E-state index contributed by atoms with van der Waals surface area (Å²) in [5.41, 5.74) is 4.57. The van der Waals surface area contributed by atoms with Crippen molar-refractivity contribution >= 4 is 40.5 Å². The van der Waals surface area contributed by atoms with E-state index < -0.39 is 17.4 Å². The molecule has 0 atom stereocenters. The normalized spacial score (nSPS) is 13.8. The number of rotatable bonds is 10. The van der Waals surface area contributed by atoms with Gasteiger partial charge in [-0.2, -0.15) is 0 Å². The van der Waals surface area contributed by atoms with Gasteiger partial charge in [-0.25, -0.2) is 4.39 Å². The molecule has 9 heteroatoms. The van der Waals surface area contributed by atoms with Crippen molar-refractivity contribution in [1.82, 2.24) is 5.32 Å². The number of fused-ring (bicyclic) bond motifs is 1. The lowest BCUT2D eigenvalue weighted by Gasteiger charge is -2.19. The molecule has 0 spiro atoms. The largest absolute Gasteiger partial charge is 0.481 e. The summed E-state index contributed by atoms with van der Waals surface area (Å²) in [7, 11) is 0. The molecule has 4 rings (SSSR count). The van der Waals surface area contributed by atoms with Gasteiger partial charge in [0.15, 0.2) is 0 Å². The lowest BCUT2D eigenvalue weighted by molar-refractivity contribution is -0.153. The highest BCUT2D eigenvalue weighted by Crippen LogP contribution is 2.38. The summed E-state index contributed by atoms with van der Waals surface area (Å²) >= 11 is 0. The average molecular weight is 546 g/mol. The minimum Gasteiger partial charge on any atom is -0.481 e. The van der Waals surface area contributed by atoms with Crippen LogP contribution in [0.15, 0.2) is 66.7 Å². The summed E-state index contributed by atoms with van der Waals surface area (Å²) in [6, 6.07) is 19.0. The van der Waals surface area contributed by atoms with Crippen LogP contribution in [0.25, 0.3) is 11.3 Å². The first-order valence-electron chi connectivity index (χ1n) is 12.9. The van der Waals surface area contributed by atoms with Gasteiger partial charge >= 0.3 is 11.9 Å². The number of carboxylic acids is 1. The molecule has 0 fully saturated rings. The fourth-order valence-corrected chi connectivity index (χ4v) is 4.30. The topological polar surface area (TPSA) is 117 Å². The number of anilines is 2. The molecule has 4 N–H and O–H groups in total. The first-order valence-corrected chi connectivity index (χ1v) is 12.9. The zero-order valence-corrected chi connectivity index (χ0v) is 22.6. The molecule has 1 aliphatic heterocycles. The number of carbonyl (C=O) groups excluding carboxylic acids is 2. The quantitative estimate of drug-likeness (QED) is 0.204. The van der Waals surface area contributed by atoms with Crippen molar-refractivity contribution in [2.24, 2.45) is 0 Å². The summed E-state index contributed by atoms with van der Waals surface area (Å²) < 4.78 is 19.2. The minimum atomic E-state index is -0.872. The van der Waals surface area contributed by atoms with Crippen LogP contribution >= 0.6 is 0 Å². The van der Waals surface area contributed by atoms with E-state index in [1.807, 2.05) is 69.3 Å². The van der Waals surface area contributed by atoms with Crippen molar-refractivity contribution in [2.75, 3.05) is 17.2 Å². The molecule has 208 valence electrons. The van der Waals surface area contributed by atoms with Crippen LogP contribution in [-0.2, 0) is 32.1 Å². The average Bonchev–Trinajstić information content (AvgIpc) is 3.20. The number of hydrogen-bond acceptors (Lipinski definition) is 6. The van der Waals surface area contributed by atoms with E-state index in [1.54, 1.807) is 6.07 Å². The molecule has 0 aromatic heterocycles. The third kappa shape index (κ3) is 7.54. The first kappa shape index (κ1) is 28.5. The zero-order chi connectivity index (χ0) is 28.9. The number of nitrogens with one attached hydrogen (secondary N) is 3. The highest BCUT2D eigenvalue weighted by molar-refractivity contribution is 6.37. The van der Waals surface area contributed by atoms with Gasteiger partial charge in [-0.15, -0.1) is 0 Å². The Morgan fingerprint density at radius 3 is 2.30 bits per heavy atom. The van der Waals surface area contributed by atoms with Crippen LogP contribution in [0.3, 0.4) is 0 Å². The number of halogens is 1.